The van der Waals surface area contributed by atoms with E-state index < -0.39 is 0 Å². The molecule has 0 radical (unpaired) electrons. The number of aromatic nitrogens is 2. The molecule has 0 aliphatic carbocycles. The van der Waals surface area contributed by atoms with Crippen molar-refractivity contribution in [3.63, 3.8) is 0 Å². The molecule has 2 aromatic heterocycles. The van der Waals surface area contributed by atoms with Crippen LogP contribution in [0.25, 0.3) is 10.9 Å². The third-order valence-electron chi connectivity index (χ3n) is 5.65. The summed E-state index contributed by atoms with van der Waals surface area (Å²) in [5.74, 6) is 0.981. The number of H-pyrrole nitrogens is 1. The van der Waals surface area contributed by atoms with Gasteiger partial charge in [0.05, 0.1) is 0 Å². The van der Waals surface area contributed by atoms with Crippen LogP contribution in [0.4, 0.5) is 5.82 Å². The van der Waals surface area contributed by atoms with Crippen molar-refractivity contribution in [2.75, 3.05) is 24.5 Å². The third kappa shape index (κ3) is 2.96. The quantitative estimate of drug-likeness (QED) is 0.730. The van der Waals surface area contributed by atoms with Crippen molar-refractivity contribution in [1.29, 1.82) is 0 Å². The molecule has 5 nitrogen and oxygen atoms in total. The number of carbonyl (C=O) groups is 1. The van der Waals surface area contributed by atoms with E-state index in [0.717, 1.165) is 67.4 Å². The van der Waals surface area contributed by atoms with Crippen molar-refractivity contribution in [3.05, 3.63) is 58.4 Å². The van der Waals surface area contributed by atoms with E-state index in [0.29, 0.717) is 0 Å². The van der Waals surface area contributed by atoms with Gasteiger partial charge in [0.2, 0.25) is 0 Å². The third-order valence-corrected chi connectivity index (χ3v) is 5.88. The SMILES string of the molecule is O=C(c1ccnc(N2CCc3[nH]c4ccc(Cl)cc4c3C2)c1)N1CCCC1. The monoisotopic (exact) mass is 380 g/mol. The number of halogens is 1. The van der Waals surface area contributed by atoms with E-state index in [1.54, 1.807) is 6.20 Å². The highest BCUT2D eigenvalue weighted by Crippen LogP contribution is 2.31. The summed E-state index contributed by atoms with van der Waals surface area (Å²) in [5, 5.41) is 1.92. The number of carbonyl (C=O) groups excluding carboxylic acids is 1. The molecule has 0 spiro atoms. The zero-order chi connectivity index (χ0) is 18.4. The lowest BCUT2D eigenvalue weighted by atomic mass is 10.0. The molecule has 1 aromatic carbocycles. The highest BCUT2D eigenvalue weighted by atomic mass is 35.5. The first-order valence-corrected chi connectivity index (χ1v) is 9.86. The minimum Gasteiger partial charge on any atom is -0.358 e. The summed E-state index contributed by atoms with van der Waals surface area (Å²) in [6.45, 7) is 3.37. The van der Waals surface area contributed by atoms with Gasteiger partial charge in [0, 0.05) is 71.5 Å². The smallest absolute Gasteiger partial charge is 0.254 e. The van der Waals surface area contributed by atoms with Crippen molar-refractivity contribution in [3.8, 4) is 0 Å². The number of nitrogens with zero attached hydrogens (tertiary/aromatic N) is 3. The van der Waals surface area contributed by atoms with Crippen LogP contribution in [-0.4, -0.2) is 40.4 Å². The van der Waals surface area contributed by atoms with Crippen molar-refractivity contribution in [2.45, 2.75) is 25.8 Å². The summed E-state index contributed by atoms with van der Waals surface area (Å²) in [5.41, 5.74) is 4.40. The Balaban J connectivity index is 1.45. The summed E-state index contributed by atoms with van der Waals surface area (Å²) in [7, 11) is 0. The Hall–Kier alpha value is -2.53. The van der Waals surface area contributed by atoms with E-state index in [1.807, 2.05) is 35.2 Å². The van der Waals surface area contributed by atoms with Crippen LogP contribution in [0.3, 0.4) is 0 Å². The van der Waals surface area contributed by atoms with Crippen LogP contribution in [-0.2, 0) is 13.0 Å². The number of hydrogen-bond donors (Lipinski definition) is 1. The number of nitrogens with one attached hydrogen (secondary N) is 1. The van der Waals surface area contributed by atoms with E-state index in [1.165, 1.54) is 16.6 Å². The molecule has 4 heterocycles. The second-order valence-corrected chi connectivity index (χ2v) is 7.78. The Labute approximate surface area is 162 Å². The van der Waals surface area contributed by atoms with E-state index in [9.17, 15) is 4.79 Å². The lowest BCUT2D eigenvalue weighted by Gasteiger charge is -2.28. The first-order chi connectivity index (χ1) is 13.2. The zero-order valence-electron chi connectivity index (χ0n) is 15.0. The van der Waals surface area contributed by atoms with Crippen LogP contribution in [0.5, 0.6) is 0 Å². The molecular formula is C21H21ClN4O. The van der Waals surface area contributed by atoms with Gasteiger partial charge in [-0.15, -0.1) is 0 Å². The van der Waals surface area contributed by atoms with E-state index in [2.05, 4.69) is 14.9 Å². The van der Waals surface area contributed by atoms with Crippen LogP contribution in [0.1, 0.15) is 34.5 Å². The number of rotatable bonds is 2. The fourth-order valence-electron chi connectivity index (χ4n) is 4.21. The van der Waals surface area contributed by atoms with Crippen molar-refractivity contribution in [1.82, 2.24) is 14.9 Å². The van der Waals surface area contributed by atoms with Gasteiger partial charge in [-0.2, -0.15) is 0 Å². The second-order valence-electron chi connectivity index (χ2n) is 7.35. The van der Waals surface area contributed by atoms with Crippen molar-refractivity contribution in [2.24, 2.45) is 0 Å². The number of anilines is 1. The maximum atomic E-state index is 12.7. The number of pyridine rings is 1. The summed E-state index contributed by atoms with van der Waals surface area (Å²) < 4.78 is 0. The Morgan fingerprint density at radius 1 is 1.11 bits per heavy atom. The number of amides is 1. The molecule has 1 N–H and O–H groups in total. The van der Waals surface area contributed by atoms with Crippen LogP contribution in [0.15, 0.2) is 36.5 Å². The van der Waals surface area contributed by atoms with E-state index >= 15 is 0 Å². The molecule has 0 unspecified atom stereocenters. The maximum Gasteiger partial charge on any atom is 0.254 e. The molecular weight excluding hydrogens is 360 g/mol. The van der Waals surface area contributed by atoms with Crippen LogP contribution in [0, 0.1) is 0 Å². The molecule has 3 aromatic rings. The fourth-order valence-corrected chi connectivity index (χ4v) is 4.38. The van der Waals surface area contributed by atoms with Crippen LogP contribution < -0.4 is 4.90 Å². The molecule has 0 atom stereocenters. The predicted octanol–water partition coefficient (Wildman–Crippen LogP) is 4.02. The minimum absolute atomic E-state index is 0.118. The lowest BCUT2D eigenvalue weighted by molar-refractivity contribution is 0.0792. The first kappa shape index (κ1) is 16.6. The average Bonchev–Trinajstić information content (AvgIpc) is 3.35. The summed E-state index contributed by atoms with van der Waals surface area (Å²) in [6, 6.07) is 9.74. The number of hydrogen-bond acceptors (Lipinski definition) is 3. The van der Waals surface area contributed by atoms with Crippen LogP contribution >= 0.6 is 11.6 Å². The van der Waals surface area contributed by atoms with E-state index in [-0.39, 0.29) is 5.91 Å². The van der Waals surface area contributed by atoms with Gasteiger partial charge in [-0.25, -0.2) is 4.98 Å². The first-order valence-electron chi connectivity index (χ1n) is 9.48. The van der Waals surface area contributed by atoms with Crippen molar-refractivity contribution < 1.29 is 4.79 Å². The summed E-state index contributed by atoms with van der Waals surface area (Å²) >= 11 is 6.21. The predicted molar refractivity (Wildman–Crippen MR) is 107 cm³/mol. The zero-order valence-corrected chi connectivity index (χ0v) is 15.8. The number of benzene rings is 1. The molecule has 2 aliphatic rings. The molecule has 0 saturated carbocycles. The highest BCUT2D eigenvalue weighted by Gasteiger charge is 2.24. The van der Waals surface area contributed by atoms with Gasteiger partial charge in [0.25, 0.3) is 5.91 Å². The molecule has 1 fully saturated rings. The fraction of sp³-hybridized carbons (Fsp3) is 0.333. The average molecular weight is 381 g/mol. The van der Waals surface area contributed by atoms with Gasteiger partial charge < -0.3 is 14.8 Å². The molecule has 138 valence electrons. The van der Waals surface area contributed by atoms with Crippen LogP contribution in [0.2, 0.25) is 5.02 Å². The number of fused-ring (bicyclic) bond motifs is 3. The number of likely N-dealkylation sites (tertiary alicyclic amines) is 1. The molecule has 0 bridgehead atoms. The van der Waals surface area contributed by atoms with Gasteiger partial charge in [0.15, 0.2) is 0 Å². The Morgan fingerprint density at radius 3 is 2.81 bits per heavy atom. The molecule has 6 heteroatoms. The minimum atomic E-state index is 0.118. The van der Waals surface area contributed by atoms with Gasteiger partial charge in [-0.05, 0) is 43.2 Å². The lowest BCUT2D eigenvalue weighted by Crippen LogP contribution is -2.31. The molecule has 1 saturated heterocycles. The molecule has 5 rings (SSSR count). The van der Waals surface area contributed by atoms with Gasteiger partial charge >= 0.3 is 0 Å². The summed E-state index contributed by atoms with van der Waals surface area (Å²) in [4.78, 5) is 25.0. The Morgan fingerprint density at radius 2 is 1.96 bits per heavy atom. The molecule has 2 aliphatic heterocycles. The topological polar surface area (TPSA) is 52.2 Å². The normalized spacial score (nSPS) is 16.8. The maximum absolute atomic E-state index is 12.7. The number of aromatic amines is 1. The molecule has 1 amide bonds. The highest BCUT2D eigenvalue weighted by molar-refractivity contribution is 6.31. The van der Waals surface area contributed by atoms with Gasteiger partial charge in [-0.3, -0.25) is 4.79 Å². The Kier molecular flexibility index (Phi) is 4.05. The van der Waals surface area contributed by atoms with Gasteiger partial charge in [0.1, 0.15) is 5.82 Å². The van der Waals surface area contributed by atoms with Gasteiger partial charge in [-0.1, -0.05) is 11.6 Å². The second kappa shape index (κ2) is 6.57. The Bertz CT molecular complexity index is 1020. The van der Waals surface area contributed by atoms with E-state index in [4.69, 9.17) is 11.6 Å². The summed E-state index contributed by atoms with van der Waals surface area (Å²) in [6.07, 6.45) is 4.87. The van der Waals surface area contributed by atoms with Crippen molar-refractivity contribution >= 4 is 34.2 Å². The molecule has 27 heavy (non-hydrogen) atoms. The largest absolute Gasteiger partial charge is 0.358 e. The standard InChI is InChI=1S/C21H21ClN4O/c22-15-3-4-18-16(12-15)17-13-26(10-6-19(17)24-18)20-11-14(5-7-23-20)21(27)25-8-1-2-9-25/h3-5,7,11-12,24H,1-2,6,8-10,13H2.